The number of hydrogen-bond donors (Lipinski definition) is 3. The van der Waals surface area contributed by atoms with Gasteiger partial charge in [-0.2, -0.15) is 0 Å². The molecule has 4 N–H and O–H groups in total. The second-order valence-electron chi connectivity index (χ2n) is 4.60. The maximum atomic E-state index is 11.6. The molecule has 0 spiro atoms. The van der Waals surface area contributed by atoms with Gasteiger partial charge in [-0.25, -0.2) is 4.79 Å². The highest BCUT2D eigenvalue weighted by molar-refractivity contribution is 6.31. The summed E-state index contributed by atoms with van der Waals surface area (Å²) in [5.41, 5.74) is 6.85. The van der Waals surface area contributed by atoms with E-state index in [1.54, 1.807) is 24.3 Å². The van der Waals surface area contributed by atoms with Crippen molar-refractivity contribution in [1.82, 2.24) is 4.98 Å². The number of hydrogen-bond acceptors (Lipinski definition) is 4. The van der Waals surface area contributed by atoms with E-state index in [2.05, 4.69) is 9.72 Å². The molecule has 1 heterocycles. The van der Waals surface area contributed by atoms with Crippen LogP contribution in [-0.2, 0) is 11.2 Å². The molecule has 22 heavy (non-hydrogen) atoms. The van der Waals surface area contributed by atoms with E-state index >= 15 is 0 Å². The van der Waals surface area contributed by atoms with Crippen LogP contribution in [0.2, 0.25) is 5.02 Å². The topological polar surface area (TPSA) is 109 Å². The summed E-state index contributed by atoms with van der Waals surface area (Å²) in [5, 5.41) is 8.05. The molecule has 0 saturated heterocycles. The Morgan fingerprint density at radius 3 is 2.77 bits per heavy atom. The zero-order valence-corrected chi connectivity index (χ0v) is 12.5. The molecular weight excluding hydrogens is 306 g/mol. The largest absolute Gasteiger partial charge is 0.465 e. The number of rotatable bonds is 4. The number of amides is 1. The average Bonchev–Trinajstić information content (AvgIpc) is 2.50. The van der Waals surface area contributed by atoms with Gasteiger partial charge in [-0.3, -0.25) is 10.2 Å². The number of methoxy groups -OCH3 is 1. The maximum absolute atomic E-state index is 11.6. The summed E-state index contributed by atoms with van der Waals surface area (Å²) in [6, 6.07) is 6.76. The summed E-state index contributed by atoms with van der Waals surface area (Å²) in [4.78, 5) is 25.7. The normalized spacial score (nSPS) is 10.3. The first-order valence-electron chi connectivity index (χ1n) is 6.35. The second kappa shape index (κ2) is 6.44. The van der Waals surface area contributed by atoms with E-state index in [9.17, 15) is 9.59 Å². The molecule has 0 aliphatic heterocycles. The van der Waals surface area contributed by atoms with E-state index in [0.717, 1.165) is 5.56 Å². The Labute approximate surface area is 131 Å². The van der Waals surface area contributed by atoms with E-state index in [4.69, 9.17) is 22.7 Å². The quantitative estimate of drug-likeness (QED) is 0.745. The number of aromatic amines is 1. The summed E-state index contributed by atoms with van der Waals surface area (Å²) in [5.74, 6) is -1.19. The molecule has 6 nitrogen and oxygen atoms in total. The Hall–Kier alpha value is -2.60. The molecule has 1 aromatic heterocycles. The number of carbonyl (C=O) groups is 2. The van der Waals surface area contributed by atoms with Crippen molar-refractivity contribution in [3.05, 3.63) is 63.2 Å². The SMILES string of the molecule is COC(=O)c1cccc(Cc2c(Cl)c[nH]c(=N)c2C(N)=O)c1. The van der Waals surface area contributed by atoms with Gasteiger partial charge in [0, 0.05) is 6.20 Å². The third-order valence-corrected chi connectivity index (χ3v) is 3.50. The molecule has 0 atom stereocenters. The van der Waals surface area contributed by atoms with Crippen LogP contribution in [0.4, 0.5) is 0 Å². The van der Waals surface area contributed by atoms with Crippen LogP contribution in [0.3, 0.4) is 0 Å². The number of carbonyl (C=O) groups excluding carboxylic acids is 2. The minimum absolute atomic E-state index is 0.0379. The van der Waals surface area contributed by atoms with Crippen molar-refractivity contribution in [2.24, 2.45) is 5.73 Å². The molecule has 0 aliphatic carbocycles. The van der Waals surface area contributed by atoms with Crippen LogP contribution in [-0.4, -0.2) is 24.0 Å². The number of primary amides is 1. The predicted molar refractivity (Wildman–Crippen MR) is 80.8 cm³/mol. The van der Waals surface area contributed by atoms with Crippen LogP contribution < -0.4 is 11.2 Å². The standard InChI is InChI=1S/C15H14ClN3O3/c1-22-15(21)9-4-2-3-8(5-9)6-10-11(16)7-19-13(17)12(10)14(18)20/h2-5,7H,6H2,1H3,(H2,17,19)(H2,18,20). The summed E-state index contributed by atoms with van der Waals surface area (Å²) < 4.78 is 4.67. The molecule has 1 aromatic carbocycles. The Morgan fingerprint density at radius 2 is 2.14 bits per heavy atom. The summed E-state index contributed by atoms with van der Waals surface area (Å²) >= 11 is 6.11. The van der Waals surface area contributed by atoms with E-state index in [1.165, 1.54) is 13.3 Å². The van der Waals surface area contributed by atoms with E-state index in [0.29, 0.717) is 16.1 Å². The van der Waals surface area contributed by atoms with E-state index in [1.807, 2.05) is 0 Å². The van der Waals surface area contributed by atoms with Crippen LogP contribution in [0.15, 0.2) is 30.5 Å². The lowest BCUT2D eigenvalue weighted by Crippen LogP contribution is -2.26. The lowest BCUT2D eigenvalue weighted by Gasteiger charge is -2.10. The molecule has 0 saturated carbocycles. The number of benzene rings is 1. The highest BCUT2D eigenvalue weighted by Crippen LogP contribution is 2.21. The maximum Gasteiger partial charge on any atom is 0.337 e. The lowest BCUT2D eigenvalue weighted by atomic mass is 9.99. The molecule has 1 amide bonds. The smallest absolute Gasteiger partial charge is 0.337 e. The lowest BCUT2D eigenvalue weighted by molar-refractivity contribution is 0.0600. The fraction of sp³-hybridized carbons (Fsp3) is 0.133. The highest BCUT2D eigenvalue weighted by Gasteiger charge is 2.16. The molecular formula is C15H14ClN3O3. The monoisotopic (exact) mass is 319 g/mol. The summed E-state index contributed by atoms with van der Waals surface area (Å²) in [6.07, 6.45) is 1.69. The Kier molecular flexibility index (Phi) is 4.62. The van der Waals surface area contributed by atoms with E-state index < -0.39 is 11.9 Å². The number of ether oxygens (including phenoxy) is 1. The van der Waals surface area contributed by atoms with Crippen molar-refractivity contribution >= 4 is 23.5 Å². The molecule has 0 aliphatic rings. The van der Waals surface area contributed by atoms with Crippen molar-refractivity contribution in [1.29, 1.82) is 5.41 Å². The van der Waals surface area contributed by atoms with Crippen molar-refractivity contribution in [3.8, 4) is 0 Å². The van der Waals surface area contributed by atoms with Crippen LogP contribution in [0.25, 0.3) is 0 Å². The third kappa shape index (κ3) is 3.17. The van der Waals surface area contributed by atoms with E-state index in [-0.39, 0.29) is 17.5 Å². The number of aromatic nitrogens is 1. The second-order valence-corrected chi connectivity index (χ2v) is 5.01. The van der Waals surface area contributed by atoms with Gasteiger partial charge in [0.25, 0.3) is 5.91 Å². The molecule has 7 heteroatoms. The Morgan fingerprint density at radius 1 is 1.41 bits per heavy atom. The van der Waals surface area contributed by atoms with Gasteiger partial charge in [-0.15, -0.1) is 0 Å². The molecule has 0 radical (unpaired) electrons. The molecule has 2 aromatic rings. The van der Waals surface area contributed by atoms with Gasteiger partial charge in [-0.05, 0) is 29.7 Å². The van der Waals surface area contributed by atoms with Crippen molar-refractivity contribution in [2.45, 2.75) is 6.42 Å². The molecule has 2 rings (SSSR count). The van der Waals surface area contributed by atoms with Gasteiger partial charge in [0.15, 0.2) is 0 Å². The molecule has 114 valence electrons. The van der Waals surface area contributed by atoms with Gasteiger partial charge >= 0.3 is 5.97 Å². The first kappa shape index (κ1) is 15.8. The van der Waals surface area contributed by atoms with Crippen molar-refractivity contribution in [2.75, 3.05) is 7.11 Å². The van der Waals surface area contributed by atoms with Gasteiger partial charge in [0.1, 0.15) is 5.49 Å². The number of esters is 1. The summed E-state index contributed by atoms with van der Waals surface area (Å²) in [7, 11) is 1.30. The average molecular weight is 320 g/mol. The van der Waals surface area contributed by atoms with Crippen LogP contribution >= 0.6 is 11.6 Å². The Balaban J connectivity index is 2.48. The first-order chi connectivity index (χ1) is 10.4. The van der Waals surface area contributed by atoms with Gasteiger partial charge in [0.2, 0.25) is 0 Å². The summed E-state index contributed by atoms with van der Waals surface area (Å²) in [6.45, 7) is 0. The third-order valence-electron chi connectivity index (χ3n) is 3.16. The fourth-order valence-electron chi connectivity index (χ4n) is 2.14. The van der Waals surface area contributed by atoms with Crippen LogP contribution in [0.5, 0.6) is 0 Å². The number of nitrogens with two attached hydrogens (primary N) is 1. The minimum atomic E-state index is -0.733. The van der Waals surface area contributed by atoms with Gasteiger partial charge < -0.3 is 15.5 Å². The van der Waals surface area contributed by atoms with Gasteiger partial charge in [-0.1, -0.05) is 23.7 Å². The van der Waals surface area contributed by atoms with Crippen molar-refractivity contribution < 1.29 is 14.3 Å². The number of H-pyrrole nitrogens is 1. The Bertz CT molecular complexity index is 799. The highest BCUT2D eigenvalue weighted by atomic mass is 35.5. The van der Waals surface area contributed by atoms with Crippen molar-refractivity contribution in [3.63, 3.8) is 0 Å². The molecule has 0 unspecified atom stereocenters. The number of pyridine rings is 1. The van der Waals surface area contributed by atoms with Crippen LogP contribution in [0.1, 0.15) is 31.8 Å². The number of halogens is 1. The van der Waals surface area contributed by atoms with Gasteiger partial charge in [0.05, 0.1) is 23.3 Å². The molecule has 0 bridgehead atoms. The zero-order chi connectivity index (χ0) is 16.3. The first-order valence-corrected chi connectivity index (χ1v) is 6.73. The fourth-order valence-corrected chi connectivity index (χ4v) is 2.36. The zero-order valence-electron chi connectivity index (χ0n) is 11.8. The predicted octanol–water partition coefficient (Wildman–Crippen LogP) is 1.62. The molecule has 0 fully saturated rings. The van der Waals surface area contributed by atoms with Crippen LogP contribution in [0, 0.1) is 5.41 Å². The number of nitrogens with one attached hydrogen (secondary N) is 2. The minimum Gasteiger partial charge on any atom is -0.465 e.